The normalized spacial score (nSPS) is 11.9. The van der Waals surface area contributed by atoms with Gasteiger partial charge < -0.3 is 0 Å². The SMILES string of the molecule is CCCCc1ccsc1C.Cc1ccc(S(=O)(=O)OCc2cc(COS(=O)(=O)c3ccc(C)cc3)cc(COS(=O)(=O)c3ccc(C)cc3)c2)cc1. The standard InChI is InChI=1S/C30H30O9S3.C9H14S/c1-22-4-10-28(11-5-22)40(31,32)37-19-25-16-26(20-38-41(33,34)29-12-6-23(2)7-13-29)18-27(17-25)21-39-42(35,36)30-14-8-24(3)9-15-30;1-3-4-5-9-6-7-10-8(9)2/h4-18H,19-21H2,1-3H3;6-7H,3-5H2,1-2H3. The highest BCUT2D eigenvalue weighted by Gasteiger charge is 2.19. The first-order valence-corrected chi connectivity index (χ1v) is 21.7. The molecule has 0 atom stereocenters. The molecule has 1 heterocycles. The second-order valence-corrected chi connectivity index (χ2v) is 18.3. The Hall–Kier alpha value is -3.69. The van der Waals surface area contributed by atoms with Gasteiger partial charge in [0.2, 0.25) is 0 Å². The molecule has 0 N–H and O–H groups in total. The van der Waals surface area contributed by atoms with Crippen LogP contribution in [0.2, 0.25) is 0 Å². The third-order valence-electron chi connectivity index (χ3n) is 7.95. The van der Waals surface area contributed by atoms with Crippen LogP contribution >= 0.6 is 11.3 Å². The lowest BCUT2D eigenvalue weighted by atomic mass is 10.1. The Labute approximate surface area is 312 Å². The number of aryl methyl sites for hydroxylation is 5. The summed E-state index contributed by atoms with van der Waals surface area (Å²) < 4.78 is 92.2. The zero-order chi connectivity index (χ0) is 37.9. The predicted molar refractivity (Wildman–Crippen MR) is 204 cm³/mol. The van der Waals surface area contributed by atoms with Crippen molar-refractivity contribution in [3.63, 3.8) is 0 Å². The average Bonchev–Trinajstić information content (AvgIpc) is 3.53. The fourth-order valence-electron chi connectivity index (χ4n) is 4.88. The molecule has 0 saturated carbocycles. The van der Waals surface area contributed by atoms with Gasteiger partial charge in [0.05, 0.1) is 34.5 Å². The van der Waals surface area contributed by atoms with Crippen LogP contribution in [0, 0.1) is 27.7 Å². The molecule has 0 amide bonds. The first kappa shape index (κ1) is 41.1. The van der Waals surface area contributed by atoms with E-state index in [9.17, 15) is 25.3 Å². The van der Waals surface area contributed by atoms with Gasteiger partial charge in [-0.2, -0.15) is 25.3 Å². The summed E-state index contributed by atoms with van der Waals surface area (Å²) in [5.41, 5.74) is 5.21. The molecule has 0 aliphatic rings. The van der Waals surface area contributed by atoms with Crippen LogP contribution in [0.15, 0.2) is 117 Å². The van der Waals surface area contributed by atoms with Gasteiger partial charge in [0, 0.05) is 4.88 Å². The van der Waals surface area contributed by atoms with Crippen molar-refractivity contribution in [1.82, 2.24) is 0 Å². The molecule has 13 heteroatoms. The molecule has 0 aliphatic heterocycles. The highest BCUT2D eigenvalue weighted by Crippen LogP contribution is 2.22. The summed E-state index contributed by atoms with van der Waals surface area (Å²) in [5.74, 6) is 0. The Morgan fingerprint density at radius 3 is 1.10 bits per heavy atom. The zero-order valence-electron chi connectivity index (χ0n) is 29.9. The van der Waals surface area contributed by atoms with Crippen molar-refractivity contribution >= 4 is 41.7 Å². The number of hydrogen-bond acceptors (Lipinski definition) is 10. The molecule has 9 nitrogen and oxygen atoms in total. The fourth-order valence-corrected chi connectivity index (χ4v) is 8.33. The number of thiophene rings is 1. The topological polar surface area (TPSA) is 130 Å². The lowest BCUT2D eigenvalue weighted by Crippen LogP contribution is -2.10. The van der Waals surface area contributed by atoms with Crippen molar-refractivity contribution in [1.29, 1.82) is 0 Å². The van der Waals surface area contributed by atoms with Gasteiger partial charge in [-0.25, -0.2) is 0 Å². The Bertz CT molecular complexity index is 2010. The van der Waals surface area contributed by atoms with Gasteiger partial charge in [0.15, 0.2) is 0 Å². The molecule has 1 aromatic heterocycles. The van der Waals surface area contributed by atoms with E-state index in [0.717, 1.165) is 16.7 Å². The van der Waals surface area contributed by atoms with E-state index in [2.05, 4.69) is 25.3 Å². The summed E-state index contributed by atoms with van der Waals surface area (Å²) in [6.07, 6.45) is 3.90. The molecule has 0 radical (unpaired) electrons. The van der Waals surface area contributed by atoms with E-state index >= 15 is 0 Å². The molecule has 0 aliphatic carbocycles. The maximum absolute atomic E-state index is 12.7. The van der Waals surface area contributed by atoms with Crippen molar-refractivity contribution in [2.24, 2.45) is 0 Å². The van der Waals surface area contributed by atoms with Crippen LogP contribution in [-0.4, -0.2) is 25.3 Å². The van der Waals surface area contributed by atoms with E-state index in [1.165, 1.54) is 78.7 Å². The van der Waals surface area contributed by atoms with Gasteiger partial charge in [0.1, 0.15) is 0 Å². The van der Waals surface area contributed by atoms with E-state index in [4.69, 9.17) is 12.5 Å². The fraction of sp³-hybridized carbons (Fsp3) is 0.282. The van der Waals surface area contributed by atoms with Crippen molar-refractivity contribution in [3.05, 3.63) is 146 Å². The molecular formula is C39H44O9S4. The summed E-state index contributed by atoms with van der Waals surface area (Å²) in [7, 11) is -12.3. The monoisotopic (exact) mass is 784 g/mol. The van der Waals surface area contributed by atoms with Crippen LogP contribution in [0.4, 0.5) is 0 Å². The van der Waals surface area contributed by atoms with E-state index in [-0.39, 0.29) is 14.7 Å². The minimum absolute atomic E-state index is 0.0236. The number of unbranched alkanes of at least 4 members (excludes halogenated alkanes) is 1. The highest BCUT2D eigenvalue weighted by molar-refractivity contribution is 7.87. The minimum Gasteiger partial charge on any atom is -0.262 e. The smallest absolute Gasteiger partial charge is 0.262 e. The number of rotatable bonds is 15. The molecule has 5 aromatic rings. The summed E-state index contributed by atoms with van der Waals surface area (Å²) in [4.78, 5) is 1.42. The summed E-state index contributed by atoms with van der Waals surface area (Å²) >= 11 is 1.85. The molecule has 0 bridgehead atoms. The van der Waals surface area contributed by atoms with Gasteiger partial charge in [-0.05, 0) is 111 Å². The maximum atomic E-state index is 12.7. The second-order valence-electron chi connectivity index (χ2n) is 12.4. The number of hydrogen-bond donors (Lipinski definition) is 0. The maximum Gasteiger partial charge on any atom is 0.297 e. The van der Waals surface area contributed by atoms with Gasteiger partial charge in [-0.1, -0.05) is 84.6 Å². The third-order valence-corrected chi connectivity index (χ3v) is 12.7. The lowest BCUT2D eigenvalue weighted by molar-refractivity contribution is 0.297. The Morgan fingerprint density at radius 1 is 0.500 bits per heavy atom. The molecule has 278 valence electrons. The molecule has 52 heavy (non-hydrogen) atoms. The van der Waals surface area contributed by atoms with Crippen LogP contribution in [0.25, 0.3) is 0 Å². The molecular weight excluding hydrogens is 741 g/mol. The van der Waals surface area contributed by atoms with Crippen molar-refractivity contribution in [2.45, 2.75) is 88.4 Å². The van der Waals surface area contributed by atoms with Crippen LogP contribution in [0.5, 0.6) is 0 Å². The Kier molecular flexibility index (Phi) is 14.5. The van der Waals surface area contributed by atoms with Gasteiger partial charge in [-0.15, -0.1) is 11.3 Å². The number of benzene rings is 4. The van der Waals surface area contributed by atoms with Crippen LogP contribution in [0.3, 0.4) is 0 Å². The molecule has 0 unspecified atom stereocenters. The molecule has 0 saturated heterocycles. The molecule has 4 aromatic carbocycles. The molecule has 5 rings (SSSR count). The summed E-state index contributed by atoms with van der Waals surface area (Å²) in [6.45, 7) is 8.73. The predicted octanol–water partition coefficient (Wildman–Crippen LogP) is 8.73. The van der Waals surface area contributed by atoms with Gasteiger partial charge >= 0.3 is 0 Å². The van der Waals surface area contributed by atoms with E-state index in [0.29, 0.717) is 16.7 Å². The van der Waals surface area contributed by atoms with E-state index in [1.807, 2.05) is 32.1 Å². The summed E-state index contributed by atoms with van der Waals surface area (Å²) in [6, 6.07) is 25.3. The average molecular weight is 785 g/mol. The zero-order valence-corrected chi connectivity index (χ0v) is 33.1. The molecule has 0 fully saturated rings. The lowest BCUT2D eigenvalue weighted by Gasteiger charge is -2.12. The van der Waals surface area contributed by atoms with Crippen molar-refractivity contribution < 1.29 is 37.8 Å². The minimum atomic E-state index is -4.11. The van der Waals surface area contributed by atoms with Crippen molar-refractivity contribution in [2.75, 3.05) is 0 Å². The largest absolute Gasteiger partial charge is 0.297 e. The van der Waals surface area contributed by atoms with Crippen molar-refractivity contribution in [3.8, 4) is 0 Å². The second kappa shape index (κ2) is 18.4. The van der Waals surface area contributed by atoms with E-state index < -0.39 is 50.2 Å². The Balaban J connectivity index is 0.000000521. The van der Waals surface area contributed by atoms with Crippen LogP contribution < -0.4 is 0 Å². The summed E-state index contributed by atoms with van der Waals surface area (Å²) in [5, 5.41) is 2.18. The first-order chi connectivity index (χ1) is 24.6. The third kappa shape index (κ3) is 12.2. The quantitative estimate of drug-likeness (QED) is 0.0957. The first-order valence-electron chi connectivity index (χ1n) is 16.6. The highest BCUT2D eigenvalue weighted by atomic mass is 32.2. The van der Waals surface area contributed by atoms with Crippen LogP contribution in [-0.2, 0) is 69.1 Å². The van der Waals surface area contributed by atoms with Crippen LogP contribution in [0.1, 0.15) is 63.6 Å². The Morgan fingerprint density at radius 2 is 0.827 bits per heavy atom. The molecule has 0 spiro atoms. The van der Waals surface area contributed by atoms with Gasteiger partial charge in [-0.3, -0.25) is 12.5 Å². The van der Waals surface area contributed by atoms with E-state index in [1.54, 1.807) is 42.0 Å². The van der Waals surface area contributed by atoms with Gasteiger partial charge in [0.25, 0.3) is 30.4 Å².